The Kier molecular flexibility index (Phi) is 5.59. The zero-order valence-corrected chi connectivity index (χ0v) is 15.8. The molecular formula is C22H31N3O. The first-order valence-electron chi connectivity index (χ1n) is 10.4. The lowest BCUT2D eigenvalue weighted by molar-refractivity contribution is -0.130. The number of nitrogens with zero attached hydrogens (tertiary/aromatic N) is 3. The highest BCUT2D eigenvalue weighted by atomic mass is 16.2. The Morgan fingerprint density at radius 2 is 1.65 bits per heavy atom. The Morgan fingerprint density at radius 1 is 0.923 bits per heavy atom. The summed E-state index contributed by atoms with van der Waals surface area (Å²) in [7, 11) is 0. The minimum absolute atomic E-state index is 0.347. The molecule has 1 aromatic carbocycles. The number of piperidine rings is 1. The summed E-state index contributed by atoms with van der Waals surface area (Å²) >= 11 is 0. The lowest BCUT2D eigenvalue weighted by Gasteiger charge is -2.27. The molecule has 2 saturated heterocycles. The predicted octanol–water partition coefficient (Wildman–Crippen LogP) is 4.03. The van der Waals surface area contributed by atoms with Gasteiger partial charge in [-0.1, -0.05) is 24.6 Å². The number of aryl methyl sites for hydroxylation is 1. The van der Waals surface area contributed by atoms with Crippen molar-refractivity contribution >= 4 is 16.8 Å². The SMILES string of the molecule is O=C(CCCc1cn(CN2CCCCC2)c2ccccc12)N1CCCC1. The van der Waals surface area contributed by atoms with Crippen molar-refractivity contribution in [3.05, 3.63) is 36.0 Å². The number of carbonyl (C=O) groups excluding carboxylic acids is 1. The van der Waals surface area contributed by atoms with Gasteiger partial charge in [-0.3, -0.25) is 9.69 Å². The van der Waals surface area contributed by atoms with Crippen LogP contribution in [-0.4, -0.2) is 46.5 Å². The zero-order valence-electron chi connectivity index (χ0n) is 15.8. The van der Waals surface area contributed by atoms with Crippen molar-refractivity contribution in [2.45, 2.75) is 58.0 Å². The molecule has 26 heavy (non-hydrogen) atoms. The fourth-order valence-corrected chi connectivity index (χ4v) is 4.51. The van der Waals surface area contributed by atoms with E-state index in [0.717, 1.165) is 32.6 Å². The van der Waals surface area contributed by atoms with E-state index in [9.17, 15) is 4.79 Å². The van der Waals surface area contributed by atoms with Crippen molar-refractivity contribution in [3.8, 4) is 0 Å². The minimum atomic E-state index is 0.347. The molecule has 140 valence electrons. The van der Waals surface area contributed by atoms with Gasteiger partial charge in [0.25, 0.3) is 0 Å². The molecule has 2 aliphatic heterocycles. The molecule has 1 amide bonds. The highest BCUT2D eigenvalue weighted by Crippen LogP contribution is 2.24. The standard InChI is InChI=1S/C22H31N3O/c26-22(24-15-6-7-16-24)12-8-9-19-17-25(18-23-13-4-1-5-14-23)21-11-3-2-10-20(19)21/h2-3,10-11,17H,1,4-9,12-16,18H2. The quantitative estimate of drug-likeness (QED) is 0.784. The van der Waals surface area contributed by atoms with Gasteiger partial charge in [0.2, 0.25) is 5.91 Å². The number of likely N-dealkylation sites (tertiary alicyclic amines) is 2. The Bertz CT molecular complexity index is 739. The molecule has 2 fully saturated rings. The number of benzene rings is 1. The molecular weight excluding hydrogens is 322 g/mol. The number of hydrogen-bond donors (Lipinski definition) is 0. The summed E-state index contributed by atoms with van der Waals surface area (Å²) in [4.78, 5) is 16.9. The summed E-state index contributed by atoms with van der Waals surface area (Å²) in [6, 6.07) is 8.74. The van der Waals surface area contributed by atoms with Crippen molar-refractivity contribution in [2.75, 3.05) is 26.2 Å². The van der Waals surface area contributed by atoms with E-state index in [-0.39, 0.29) is 0 Å². The fraction of sp³-hybridized carbons (Fsp3) is 0.591. The van der Waals surface area contributed by atoms with Gasteiger partial charge in [0.15, 0.2) is 0 Å². The molecule has 0 bridgehead atoms. The Labute approximate surface area is 156 Å². The van der Waals surface area contributed by atoms with Crippen LogP contribution in [0.3, 0.4) is 0 Å². The molecule has 4 rings (SSSR count). The van der Waals surface area contributed by atoms with Gasteiger partial charge in [-0.25, -0.2) is 0 Å². The highest BCUT2D eigenvalue weighted by molar-refractivity contribution is 5.84. The molecule has 2 aliphatic rings. The fourth-order valence-electron chi connectivity index (χ4n) is 4.51. The number of rotatable bonds is 6. The second-order valence-corrected chi connectivity index (χ2v) is 7.90. The normalized spacial score (nSPS) is 18.7. The summed E-state index contributed by atoms with van der Waals surface area (Å²) in [6.45, 7) is 5.35. The Balaban J connectivity index is 1.42. The van der Waals surface area contributed by atoms with Gasteiger partial charge < -0.3 is 9.47 Å². The van der Waals surface area contributed by atoms with Crippen LogP contribution in [0.25, 0.3) is 10.9 Å². The van der Waals surface area contributed by atoms with Crippen molar-refractivity contribution in [1.29, 1.82) is 0 Å². The molecule has 4 nitrogen and oxygen atoms in total. The molecule has 0 aliphatic carbocycles. The predicted molar refractivity (Wildman–Crippen MR) is 106 cm³/mol. The van der Waals surface area contributed by atoms with Gasteiger partial charge in [-0.15, -0.1) is 0 Å². The number of carbonyl (C=O) groups is 1. The van der Waals surface area contributed by atoms with Gasteiger partial charge in [-0.2, -0.15) is 0 Å². The van der Waals surface area contributed by atoms with E-state index < -0.39 is 0 Å². The first-order chi connectivity index (χ1) is 12.8. The first-order valence-corrected chi connectivity index (χ1v) is 10.4. The topological polar surface area (TPSA) is 28.5 Å². The average Bonchev–Trinajstić information content (AvgIpc) is 3.32. The van der Waals surface area contributed by atoms with Crippen LogP contribution in [0.4, 0.5) is 0 Å². The lowest BCUT2D eigenvalue weighted by atomic mass is 10.1. The average molecular weight is 354 g/mol. The summed E-state index contributed by atoms with van der Waals surface area (Å²) in [6.07, 6.45) is 11.3. The molecule has 0 N–H and O–H groups in total. The molecule has 2 aromatic rings. The molecule has 0 atom stereocenters. The minimum Gasteiger partial charge on any atom is -0.343 e. The third-order valence-electron chi connectivity index (χ3n) is 5.97. The van der Waals surface area contributed by atoms with Crippen molar-refractivity contribution in [1.82, 2.24) is 14.4 Å². The number of fused-ring (bicyclic) bond motifs is 1. The van der Waals surface area contributed by atoms with Crippen LogP contribution in [0.15, 0.2) is 30.5 Å². The Morgan fingerprint density at radius 3 is 2.46 bits per heavy atom. The molecule has 1 aromatic heterocycles. The van der Waals surface area contributed by atoms with Crippen molar-refractivity contribution in [2.24, 2.45) is 0 Å². The van der Waals surface area contributed by atoms with E-state index >= 15 is 0 Å². The molecule has 0 radical (unpaired) electrons. The van der Waals surface area contributed by atoms with Crippen LogP contribution in [0.2, 0.25) is 0 Å². The summed E-state index contributed by atoms with van der Waals surface area (Å²) in [5.74, 6) is 0.347. The van der Waals surface area contributed by atoms with Gasteiger partial charge in [0, 0.05) is 36.6 Å². The third-order valence-corrected chi connectivity index (χ3v) is 5.97. The summed E-state index contributed by atoms with van der Waals surface area (Å²) < 4.78 is 2.41. The maximum Gasteiger partial charge on any atom is 0.222 e. The van der Waals surface area contributed by atoms with E-state index in [4.69, 9.17) is 0 Å². The van der Waals surface area contributed by atoms with Crippen LogP contribution in [0, 0.1) is 0 Å². The van der Waals surface area contributed by atoms with Crippen LogP contribution in [0.5, 0.6) is 0 Å². The Hall–Kier alpha value is -1.81. The highest BCUT2D eigenvalue weighted by Gasteiger charge is 2.18. The van der Waals surface area contributed by atoms with Gasteiger partial charge in [0.05, 0.1) is 6.67 Å². The van der Waals surface area contributed by atoms with E-state index in [1.54, 1.807) is 0 Å². The van der Waals surface area contributed by atoms with Crippen LogP contribution < -0.4 is 0 Å². The van der Waals surface area contributed by atoms with E-state index in [1.807, 2.05) is 4.90 Å². The lowest BCUT2D eigenvalue weighted by Crippen LogP contribution is -2.31. The zero-order chi connectivity index (χ0) is 17.8. The maximum absolute atomic E-state index is 12.3. The molecule has 4 heteroatoms. The van der Waals surface area contributed by atoms with Crippen LogP contribution in [0.1, 0.15) is 50.5 Å². The van der Waals surface area contributed by atoms with Crippen LogP contribution >= 0.6 is 0 Å². The van der Waals surface area contributed by atoms with E-state index in [1.165, 1.54) is 61.7 Å². The third kappa shape index (κ3) is 3.96. The van der Waals surface area contributed by atoms with E-state index in [2.05, 4.69) is 39.9 Å². The molecule has 0 saturated carbocycles. The second-order valence-electron chi connectivity index (χ2n) is 7.90. The maximum atomic E-state index is 12.3. The number of aromatic nitrogens is 1. The van der Waals surface area contributed by atoms with Gasteiger partial charge in [0.1, 0.15) is 0 Å². The summed E-state index contributed by atoms with van der Waals surface area (Å²) in [5, 5.41) is 1.36. The number of amides is 1. The van der Waals surface area contributed by atoms with Crippen molar-refractivity contribution in [3.63, 3.8) is 0 Å². The van der Waals surface area contributed by atoms with E-state index in [0.29, 0.717) is 12.3 Å². The second kappa shape index (κ2) is 8.26. The van der Waals surface area contributed by atoms with Crippen molar-refractivity contribution < 1.29 is 4.79 Å². The number of para-hydroxylation sites is 1. The first kappa shape index (κ1) is 17.6. The van der Waals surface area contributed by atoms with Gasteiger partial charge in [-0.05, 0) is 63.2 Å². The molecule has 3 heterocycles. The largest absolute Gasteiger partial charge is 0.343 e. The van der Waals surface area contributed by atoms with Gasteiger partial charge >= 0.3 is 0 Å². The molecule has 0 unspecified atom stereocenters. The summed E-state index contributed by atoms with van der Waals surface area (Å²) in [5.41, 5.74) is 2.73. The monoisotopic (exact) mass is 353 g/mol. The number of hydrogen-bond acceptors (Lipinski definition) is 2. The molecule has 0 spiro atoms. The van der Waals surface area contributed by atoms with Crippen LogP contribution in [-0.2, 0) is 17.9 Å². The smallest absolute Gasteiger partial charge is 0.222 e.